The summed E-state index contributed by atoms with van der Waals surface area (Å²) in [4.78, 5) is 12.1. The molecule has 1 heterocycles. The fraction of sp³-hybridized carbons (Fsp3) is 0.250. The Hall–Kier alpha value is -2.31. The van der Waals surface area contributed by atoms with Gasteiger partial charge < -0.3 is 5.32 Å². The molecule has 4 rings (SSSR count). The van der Waals surface area contributed by atoms with Crippen LogP contribution in [0.4, 0.5) is 0 Å². The van der Waals surface area contributed by atoms with Gasteiger partial charge in [0.25, 0.3) is 0 Å². The first-order chi connectivity index (χ1) is 13.2. The molecule has 0 aliphatic heterocycles. The van der Waals surface area contributed by atoms with Gasteiger partial charge in [-0.2, -0.15) is 0 Å². The number of hydrogen-bond acceptors (Lipinski definition) is 4. The molecular formula is C20H19ClN4OS. The Labute approximate surface area is 167 Å². The second kappa shape index (κ2) is 8.15. The van der Waals surface area contributed by atoms with E-state index >= 15 is 0 Å². The normalized spacial score (nSPS) is 13.5. The molecule has 2 aromatic carbocycles. The molecule has 1 N–H and O–H groups in total. The monoisotopic (exact) mass is 398 g/mol. The summed E-state index contributed by atoms with van der Waals surface area (Å²) >= 11 is 7.44. The predicted molar refractivity (Wildman–Crippen MR) is 108 cm³/mol. The van der Waals surface area contributed by atoms with Crippen LogP contribution in [0.3, 0.4) is 0 Å². The van der Waals surface area contributed by atoms with Crippen LogP contribution in [0.2, 0.25) is 5.02 Å². The molecule has 0 saturated heterocycles. The van der Waals surface area contributed by atoms with E-state index in [9.17, 15) is 4.79 Å². The minimum atomic E-state index is 0.0396. The molecule has 0 bridgehead atoms. The Balaban J connectivity index is 1.59. The molecule has 1 fully saturated rings. The van der Waals surface area contributed by atoms with E-state index in [2.05, 4.69) is 27.6 Å². The van der Waals surface area contributed by atoms with Crippen molar-refractivity contribution >= 4 is 29.3 Å². The summed E-state index contributed by atoms with van der Waals surface area (Å²) in [5.74, 6) is 1.19. The summed E-state index contributed by atoms with van der Waals surface area (Å²) in [7, 11) is 0. The summed E-state index contributed by atoms with van der Waals surface area (Å²) in [5.41, 5.74) is 2.09. The van der Waals surface area contributed by atoms with Crippen LogP contribution in [0.5, 0.6) is 0 Å². The highest BCUT2D eigenvalue weighted by Gasteiger charge is 2.24. The molecule has 27 heavy (non-hydrogen) atoms. The van der Waals surface area contributed by atoms with E-state index in [0.29, 0.717) is 28.4 Å². The van der Waals surface area contributed by atoms with Gasteiger partial charge in [0.2, 0.25) is 5.91 Å². The third-order valence-corrected chi connectivity index (χ3v) is 5.45. The fourth-order valence-electron chi connectivity index (χ4n) is 2.76. The zero-order valence-corrected chi connectivity index (χ0v) is 16.2. The molecule has 0 radical (unpaired) electrons. The average molecular weight is 399 g/mol. The second-order valence-electron chi connectivity index (χ2n) is 6.50. The van der Waals surface area contributed by atoms with Crippen molar-refractivity contribution in [3.8, 4) is 5.69 Å². The van der Waals surface area contributed by atoms with E-state index in [1.54, 1.807) is 0 Å². The zero-order chi connectivity index (χ0) is 18.6. The predicted octanol–water partition coefficient (Wildman–Crippen LogP) is 3.88. The highest BCUT2D eigenvalue weighted by molar-refractivity contribution is 7.99. The summed E-state index contributed by atoms with van der Waals surface area (Å²) < 4.78 is 2.00. The molecule has 1 aliphatic carbocycles. The third kappa shape index (κ3) is 4.70. The largest absolute Gasteiger partial charge is 0.353 e. The maximum absolute atomic E-state index is 12.1. The number of nitrogens with one attached hydrogen (secondary N) is 1. The third-order valence-electron chi connectivity index (χ3n) is 4.27. The lowest BCUT2D eigenvalue weighted by atomic mass is 10.1. The Bertz CT molecular complexity index is 923. The smallest absolute Gasteiger partial charge is 0.230 e. The van der Waals surface area contributed by atoms with Crippen LogP contribution in [-0.4, -0.2) is 32.5 Å². The van der Waals surface area contributed by atoms with Crippen LogP contribution in [0.25, 0.3) is 5.69 Å². The van der Waals surface area contributed by atoms with E-state index in [1.807, 2.05) is 47.0 Å². The SMILES string of the molecule is O=C(CSc1nnc(Cc2ccccc2)n1-c1ccc(Cl)cc1)NC1CC1. The number of benzene rings is 2. The molecule has 5 nitrogen and oxygen atoms in total. The van der Waals surface area contributed by atoms with Crippen molar-refractivity contribution in [3.05, 3.63) is 71.0 Å². The minimum Gasteiger partial charge on any atom is -0.353 e. The Morgan fingerprint density at radius 1 is 1.11 bits per heavy atom. The quantitative estimate of drug-likeness (QED) is 0.613. The molecular weight excluding hydrogens is 380 g/mol. The maximum Gasteiger partial charge on any atom is 0.230 e. The van der Waals surface area contributed by atoms with Gasteiger partial charge in [0, 0.05) is 23.2 Å². The minimum absolute atomic E-state index is 0.0396. The topological polar surface area (TPSA) is 59.8 Å². The van der Waals surface area contributed by atoms with Crippen molar-refractivity contribution in [2.75, 3.05) is 5.75 Å². The van der Waals surface area contributed by atoms with Crippen LogP contribution in [0.15, 0.2) is 59.8 Å². The standard InChI is InChI=1S/C20H19ClN4OS/c21-15-6-10-17(11-7-15)25-18(12-14-4-2-1-3-5-14)23-24-20(25)27-13-19(26)22-16-8-9-16/h1-7,10-11,16H,8-9,12-13H2,(H,22,26). The Morgan fingerprint density at radius 3 is 2.56 bits per heavy atom. The van der Waals surface area contributed by atoms with Gasteiger partial charge in [-0.05, 0) is 42.7 Å². The lowest BCUT2D eigenvalue weighted by molar-refractivity contribution is -0.118. The molecule has 1 amide bonds. The van der Waals surface area contributed by atoms with E-state index in [0.717, 1.165) is 29.9 Å². The van der Waals surface area contributed by atoms with Crippen molar-refractivity contribution < 1.29 is 4.79 Å². The van der Waals surface area contributed by atoms with Gasteiger partial charge in [-0.3, -0.25) is 9.36 Å². The van der Waals surface area contributed by atoms with Crippen molar-refractivity contribution in [2.24, 2.45) is 0 Å². The van der Waals surface area contributed by atoms with E-state index in [1.165, 1.54) is 11.8 Å². The molecule has 0 atom stereocenters. The molecule has 1 aliphatic rings. The summed E-state index contributed by atoms with van der Waals surface area (Å²) in [5, 5.41) is 13.1. The van der Waals surface area contributed by atoms with Gasteiger partial charge in [-0.1, -0.05) is 53.7 Å². The molecule has 0 spiro atoms. The van der Waals surface area contributed by atoms with Gasteiger partial charge in [0.1, 0.15) is 5.82 Å². The first-order valence-corrected chi connectivity index (χ1v) is 10.2. The molecule has 7 heteroatoms. The van der Waals surface area contributed by atoms with Crippen molar-refractivity contribution in [2.45, 2.75) is 30.5 Å². The first kappa shape index (κ1) is 18.1. The van der Waals surface area contributed by atoms with Crippen LogP contribution in [-0.2, 0) is 11.2 Å². The number of rotatable bonds is 7. The number of nitrogens with zero attached hydrogens (tertiary/aromatic N) is 3. The Morgan fingerprint density at radius 2 is 1.85 bits per heavy atom. The van der Waals surface area contributed by atoms with Gasteiger partial charge in [-0.25, -0.2) is 0 Å². The van der Waals surface area contributed by atoms with Gasteiger partial charge in [-0.15, -0.1) is 10.2 Å². The van der Waals surface area contributed by atoms with Crippen LogP contribution in [0, 0.1) is 0 Å². The van der Waals surface area contributed by atoms with Crippen molar-refractivity contribution in [1.82, 2.24) is 20.1 Å². The van der Waals surface area contributed by atoms with Gasteiger partial charge in [0.15, 0.2) is 5.16 Å². The van der Waals surface area contributed by atoms with Crippen molar-refractivity contribution in [3.63, 3.8) is 0 Å². The van der Waals surface area contributed by atoms with Gasteiger partial charge >= 0.3 is 0 Å². The van der Waals surface area contributed by atoms with Crippen LogP contribution >= 0.6 is 23.4 Å². The summed E-state index contributed by atoms with van der Waals surface area (Å²) in [6, 6.07) is 18.1. The van der Waals surface area contributed by atoms with E-state index in [4.69, 9.17) is 11.6 Å². The highest BCUT2D eigenvalue weighted by atomic mass is 35.5. The maximum atomic E-state index is 12.1. The summed E-state index contributed by atoms with van der Waals surface area (Å²) in [6.45, 7) is 0. The molecule has 3 aromatic rings. The van der Waals surface area contributed by atoms with E-state index in [-0.39, 0.29) is 5.91 Å². The first-order valence-electron chi connectivity index (χ1n) is 8.85. The lowest BCUT2D eigenvalue weighted by Crippen LogP contribution is -2.27. The number of carbonyl (C=O) groups is 1. The van der Waals surface area contributed by atoms with E-state index < -0.39 is 0 Å². The van der Waals surface area contributed by atoms with Crippen LogP contribution < -0.4 is 5.32 Å². The number of hydrogen-bond donors (Lipinski definition) is 1. The fourth-order valence-corrected chi connectivity index (χ4v) is 3.67. The van der Waals surface area contributed by atoms with Crippen molar-refractivity contribution in [1.29, 1.82) is 0 Å². The number of aromatic nitrogens is 3. The molecule has 1 aromatic heterocycles. The highest BCUT2D eigenvalue weighted by Crippen LogP contribution is 2.25. The Kier molecular flexibility index (Phi) is 5.45. The number of halogens is 1. The molecule has 1 saturated carbocycles. The average Bonchev–Trinajstić information content (AvgIpc) is 3.40. The number of amides is 1. The lowest BCUT2D eigenvalue weighted by Gasteiger charge is -2.10. The van der Waals surface area contributed by atoms with Gasteiger partial charge in [0.05, 0.1) is 5.75 Å². The molecule has 0 unspecified atom stereocenters. The molecule has 138 valence electrons. The van der Waals surface area contributed by atoms with Crippen LogP contribution in [0.1, 0.15) is 24.2 Å². The number of carbonyl (C=O) groups excluding carboxylic acids is 1. The summed E-state index contributed by atoms with van der Waals surface area (Å²) in [6.07, 6.45) is 2.82. The number of thioether (sulfide) groups is 1. The zero-order valence-electron chi connectivity index (χ0n) is 14.6. The second-order valence-corrected chi connectivity index (χ2v) is 7.88.